The molecule has 6 nitrogen and oxygen atoms in total. The van der Waals surface area contributed by atoms with Crippen molar-refractivity contribution in [3.63, 3.8) is 0 Å². The maximum atomic E-state index is 12.9. The fourth-order valence-corrected chi connectivity index (χ4v) is 7.32. The van der Waals surface area contributed by atoms with Gasteiger partial charge >= 0.3 is 0 Å². The summed E-state index contributed by atoms with van der Waals surface area (Å²) < 4.78 is 0. The Morgan fingerprint density at radius 2 is 1.91 bits per heavy atom. The number of likely N-dealkylation sites (tertiary alicyclic amines) is 1. The number of rotatable bonds is 7. The lowest BCUT2D eigenvalue weighted by Gasteiger charge is -2.57. The smallest absolute Gasteiger partial charge is 0.222 e. The zero-order valence-electron chi connectivity index (χ0n) is 20.6. The Balaban J connectivity index is 1.24. The van der Waals surface area contributed by atoms with E-state index in [4.69, 9.17) is 0 Å². The van der Waals surface area contributed by atoms with Gasteiger partial charge < -0.3 is 9.80 Å². The van der Waals surface area contributed by atoms with Gasteiger partial charge in [0.2, 0.25) is 5.91 Å². The topological polar surface area (TPSA) is 42.9 Å². The Bertz CT molecular complexity index is 763. The van der Waals surface area contributed by atoms with E-state index < -0.39 is 0 Å². The Labute approximate surface area is 200 Å². The predicted octanol–water partition coefficient (Wildman–Crippen LogP) is 3.09. The molecular formula is C27H43N5O. The van der Waals surface area contributed by atoms with E-state index in [2.05, 4.69) is 43.6 Å². The molecule has 33 heavy (non-hydrogen) atoms. The second-order valence-corrected chi connectivity index (χ2v) is 10.8. The molecule has 0 spiro atoms. The van der Waals surface area contributed by atoms with E-state index in [1.807, 2.05) is 12.4 Å². The standard InChI is InChI=1S/C27H43N5O/c1-2-29-15-17-30(18-16-29)26(33)11-3-10-25-24-9-6-14-31-13-5-8-23(27(24)31)21-32(25)20-22-7-4-12-28-19-22/h4,7,12,19,23-25,27H,2-3,5-6,8-11,13-18,20-21H2,1H3/t23-,24+,25+,27-/m0/s1. The fraction of sp³-hybridized carbons (Fsp3) is 0.778. The van der Waals surface area contributed by atoms with Crippen molar-refractivity contribution in [1.82, 2.24) is 24.6 Å². The third-order valence-corrected chi connectivity index (χ3v) is 8.95. The van der Waals surface area contributed by atoms with Crippen molar-refractivity contribution in [3.05, 3.63) is 30.1 Å². The maximum Gasteiger partial charge on any atom is 0.222 e. The van der Waals surface area contributed by atoms with Crippen molar-refractivity contribution in [3.8, 4) is 0 Å². The molecule has 1 amide bonds. The minimum atomic E-state index is 0.376. The van der Waals surface area contributed by atoms with E-state index in [9.17, 15) is 4.79 Å². The summed E-state index contributed by atoms with van der Waals surface area (Å²) >= 11 is 0. The minimum Gasteiger partial charge on any atom is -0.340 e. The number of nitrogens with zero attached hydrogens (tertiary/aromatic N) is 5. The van der Waals surface area contributed by atoms with Crippen LogP contribution in [-0.2, 0) is 11.3 Å². The monoisotopic (exact) mass is 453 g/mol. The number of likely N-dealkylation sites (N-methyl/N-ethyl adjacent to an activating group) is 1. The average Bonchev–Trinajstić information content (AvgIpc) is 2.86. The summed E-state index contributed by atoms with van der Waals surface area (Å²) in [4.78, 5) is 27.5. The van der Waals surface area contributed by atoms with Crippen molar-refractivity contribution in [1.29, 1.82) is 0 Å². The molecule has 4 fully saturated rings. The van der Waals surface area contributed by atoms with E-state index in [-0.39, 0.29) is 0 Å². The van der Waals surface area contributed by atoms with Crippen LogP contribution in [0, 0.1) is 11.8 Å². The molecule has 0 radical (unpaired) electrons. The van der Waals surface area contributed by atoms with Crippen LogP contribution in [0.15, 0.2) is 24.5 Å². The summed E-state index contributed by atoms with van der Waals surface area (Å²) in [7, 11) is 0. The molecule has 6 heteroatoms. The number of piperazine rings is 1. The van der Waals surface area contributed by atoms with Crippen LogP contribution >= 0.6 is 0 Å². The predicted molar refractivity (Wildman–Crippen MR) is 132 cm³/mol. The molecule has 5 heterocycles. The molecule has 0 aromatic carbocycles. The molecule has 182 valence electrons. The van der Waals surface area contributed by atoms with Crippen LogP contribution in [-0.4, -0.2) is 94.9 Å². The molecule has 4 aliphatic heterocycles. The summed E-state index contributed by atoms with van der Waals surface area (Å²) in [6.07, 6.45) is 12.3. The van der Waals surface area contributed by atoms with Crippen molar-refractivity contribution in [2.24, 2.45) is 11.8 Å². The molecular weight excluding hydrogens is 410 g/mol. The number of hydrogen-bond acceptors (Lipinski definition) is 5. The van der Waals surface area contributed by atoms with E-state index in [0.29, 0.717) is 18.4 Å². The van der Waals surface area contributed by atoms with Crippen LogP contribution in [0.25, 0.3) is 0 Å². The van der Waals surface area contributed by atoms with Crippen LogP contribution < -0.4 is 0 Å². The Morgan fingerprint density at radius 1 is 1.09 bits per heavy atom. The molecule has 0 aliphatic carbocycles. The van der Waals surface area contributed by atoms with E-state index >= 15 is 0 Å². The highest BCUT2D eigenvalue weighted by Crippen LogP contribution is 2.43. The molecule has 0 N–H and O–H groups in total. The van der Waals surface area contributed by atoms with Crippen molar-refractivity contribution in [2.45, 2.75) is 70.5 Å². The second kappa shape index (κ2) is 10.8. The Hall–Kier alpha value is -1.50. The maximum absolute atomic E-state index is 12.9. The van der Waals surface area contributed by atoms with Gasteiger partial charge in [-0.1, -0.05) is 13.0 Å². The van der Waals surface area contributed by atoms with Gasteiger partial charge in [0, 0.05) is 70.2 Å². The van der Waals surface area contributed by atoms with Gasteiger partial charge in [0.25, 0.3) is 0 Å². The summed E-state index contributed by atoms with van der Waals surface area (Å²) in [6, 6.07) is 5.67. The van der Waals surface area contributed by atoms with Gasteiger partial charge in [0.1, 0.15) is 0 Å². The molecule has 4 saturated heterocycles. The zero-order chi connectivity index (χ0) is 22.6. The van der Waals surface area contributed by atoms with E-state index in [1.165, 1.54) is 50.9 Å². The quantitative estimate of drug-likeness (QED) is 0.635. The fourth-order valence-electron chi connectivity index (χ4n) is 7.32. The number of pyridine rings is 1. The molecule has 4 atom stereocenters. The highest BCUT2D eigenvalue weighted by atomic mass is 16.2. The molecule has 1 aromatic heterocycles. The highest BCUT2D eigenvalue weighted by Gasteiger charge is 2.48. The number of piperidine rings is 3. The third-order valence-electron chi connectivity index (χ3n) is 8.95. The van der Waals surface area contributed by atoms with Gasteiger partial charge in [-0.05, 0) is 81.6 Å². The lowest BCUT2D eigenvalue weighted by atomic mass is 9.69. The molecule has 0 bridgehead atoms. The van der Waals surface area contributed by atoms with Gasteiger partial charge in [-0.3, -0.25) is 19.6 Å². The lowest BCUT2D eigenvalue weighted by Crippen LogP contribution is -2.64. The SMILES string of the molecule is CCN1CCN(C(=O)CCC[C@@H]2[C@H]3CCCN4CCC[C@@H](CN2Cc2cccnc2)[C@@H]34)CC1. The van der Waals surface area contributed by atoms with Crippen LogP contribution in [0.1, 0.15) is 57.4 Å². The zero-order valence-corrected chi connectivity index (χ0v) is 20.6. The van der Waals surface area contributed by atoms with Gasteiger partial charge in [-0.25, -0.2) is 0 Å². The number of hydrogen-bond donors (Lipinski definition) is 0. The van der Waals surface area contributed by atoms with Crippen LogP contribution in [0.4, 0.5) is 0 Å². The number of carbonyl (C=O) groups is 1. The van der Waals surface area contributed by atoms with E-state index in [0.717, 1.165) is 70.0 Å². The lowest BCUT2D eigenvalue weighted by molar-refractivity contribution is -0.133. The summed E-state index contributed by atoms with van der Waals surface area (Å²) in [5.74, 6) is 1.95. The molecule has 0 unspecified atom stereocenters. The second-order valence-electron chi connectivity index (χ2n) is 10.8. The van der Waals surface area contributed by atoms with Crippen molar-refractivity contribution >= 4 is 5.91 Å². The number of amides is 1. The Morgan fingerprint density at radius 3 is 2.67 bits per heavy atom. The third kappa shape index (κ3) is 5.28. The van der Waals surface area contributed by atoms with Gasteiger partial charge in [0.15, 0.2) is 0 Å². The number of carbonyl (C=O) groups excluding carboxylic acids is 1. The summed E-state index contributed by atoms with van der Waals surface area (Å²) in [5, 5.41) is 0. The molecule has 0 saturated carbocycles. The normalized spacial score (nSPS) is 31.4. The number of aromatic nitrogens is 1. The van der Waals surface area contributed by atoms with Crippen LogP contribution in [0.2, 0.25) is 0 Å². The molecule has 1 aromatic rings. The van der Waals surface area contributed by atoms with Crippen LogP contribution in [0.3, 0.4) is 0 Å². The molecule has 5 rings (SSSR count). The molecule has 4 aliphatic rings. The first kappa shape index (κ1) is 23.3. The van der Waals surface area contributed by atoms with E-state index in [1.54, 1.807) is 0 Å². The van der Waals surface area contributed by atoms with Gasteiger partial charge in [0.05, 0.1) is 0 Å². The first-order valence-electron chi connectivity index (χ1n) is 13.6. The summed E-state index contributed by atoms with van der Waals surface area (Å²) in [5.41, 5.74) is 1.33. The van der Waals surface area contributed by atoms with Crippen molar-refractivity contribution < 1.29 is 4.79 Å². The van der Waals surface area contributed by atoms with Gasteiger partial charge in [-0.2, -0.15) is 0 Å². The first-order valence-corrected chi connectivity index (χ1v) is 13.6. The highest BCUT2D eigenvalue weighted by molar-refractivity contribution is 5.76. The summed E-state index contributed by atoms with van der Waals surface area (Å²) in [6.45, 7) is 12.0. The average molecular weight is 454 g/mol. The first-order chi connectivity index (χ1) is 16.2. The van der Waals surface area contributed by atoms with Crippen molar-refractivity contribution in [2.75, 3.05) is 52.4 Å². The Kier molecular flexibility index (Phi) is 7.63. The van der Waals surface area contributed by atoms with Crippen LogP contribution in [0.5, 0.6) is 0 Å². The van der Waals surface area contributed by atoms with Gasteiger partial charge in [-0.15, -0.1) is 0 Å². The minimum absolute atomic E-state index is 0.376. The largest absolute Gasteiger partial charge is 0.340 e.